The van der Waals surface area contributed by atoms with Crippen molar-refractivity contribution < 1.29 is 0 Å². The van der Waals surface area contributed by atoms with E-state index in [2.05, 4.69) is 63.3 Å². The monoisotopic (exact) mass is 340 g/mol. The molecule has 0 aliphatic carbocycles. The molecule has 2 aromatic rings. The predicted molar refractivity (Wildman–Crippen MR) is 89.6 cm³/mol. The maximum absolute atomic E-state index is 9.44. The Hall–Kier alpha value is -1.79. The van der Waals surface area contributed by atoms with Gasteiger partial charge in [-0.15, -0.1) is 0 Å². The van der Waals surface area contributed by atoms with Crippen molar-refractivity contribution in [2.45, 2.75) is 24.7 Å². The van der Waals surface area contributed by atoms with Gasteiger partial charge >= 0.3 is 0 Å². The Morgan fingerprint density at radius 3 is 2.71 bits per heavy atom. The summed E-state index contributed by atoms with van der Waals surface area (Å²) >= 11 is 3.45. The molecule has 21 heavy (non-hydrogen) atoms. The molecule has 1 aliphatic rings. The highest BCUT2D eigenvalue weighted by Gasteiger charge is 2.17. The number of benzene rings is 2. The molecule has 0 spiro atoms. The number of nitriles is 1. The minimum Gasteiger partial charge on any atom is -0.366 e. The number of fused-ring (bicyclic) bond motifs is 1. The molecule has 3 heteroatoms. The molecule has 2 nitrogen and oxygen atoms in total. The van der Waals surface area contributed by atoms with Crippen LogP contribution >= 0.6 is 15.9 Å². The lowest BCUT2D eigenvalue weighted by Gasteiger charge is -2.24. The number of halogens is 1. The van der Waals surface area contributed by atoms with Crippen molar-refractivity contribution in [3.05, 3.63) is 64.7 Å². The highest BCUT2D eigenvalue weighted by Crippen LogP contribution is 2.27. The Bertz CT molecular complexity index is 688. The van der Waals surface area contributed by atoms with E-state index in [1.165, 1.54) is 11.1 Å². The van der Waals surface area contributed by atoms with E-state index in [4.69, 9.17) is 0 Å². The summed E-state index contributed by atoms with van der Waals surface area (Å²) in [7, 11) is 0. The summed E-state index contributed by atoms with van der Waals surface area (Å²) in [6.07, 6.45) is 2.25. The van der Waals surface area contributed by atoms with Gasteiger partial charge < -0.3 is 4.90 Å². The lowest BCUT2D eigenvalue weighted by Crippen LogP contribution is -2.23. The van der Waals surface area contributed by atoms with Crippen molar-refractivity contribution in [3.63, 3.8) is 0 Å². The summed E-state index contributed by atoms with van der Waals surface area (Å²) in [5.74, 6) is 0. The molecule has 1 aliphatic heterocycles. The average molecular weight is 341 g/mol. The van der Waals surface area contributed by atoms with Gasteiger partial charge in [0, 0.05) is 18.4 Å². The fraction of sp³-hybridized carbons (Fsp3) is 0.278. The molecule has 2 aromatic carbocycles. The summed E-state index contributed by atoms with van der Waals surface area (Å²) in [6, 6.07) is 17.2. The van der Waals surface area contributed by atoms with Crippen LogP contribution in [0, 0.1) is 11.3 Å². The number of aryl methyl sites for hydroxylation is 1. The third-order valence-corrected chi connectivity index (χ3v) is 4.68. The fourth-order valence-electron chi connectivity index (χ4n) is 2.94. The summed E-state index contributed by atoms with van der Waals surface area (Å²) < 4.78 is 0. The lowest BCUT2D eigenvalue weighted by molar-refractivity contribution is 0.765. The fourth-order valence-corrected chi connectivity index (χ4v) is 3.29. The Balaban J connectivity index is 1.96. The van der Waals surface area contributed by atoms with Gasteiger partial charge in [0.25, 0.3) is 0 Å². The number of anilines is 1. The van der Waals surface area contributed by atoms with E-state index in [9.17, 15) is 5.26 Å². The Morgan fingerprint density at radius 2 is 1.95 bits per heavy atom. The van der Waals surface area contributed by atoms with Crippen LogP contribution in [0.3, 0.4) is 0 Å². The molecule has 0 amide bonds. The first-order valence-electron chi connectivity index (χ1n) is 7.22. The second-order valence-electron chi connectivity index (χ2n) is 5.39. The van der Waals surface area contributed by atoms with Crippen molar-refractivity contribution in [1.82, 2.24) is 0 Å². The van der Waals surface area contributed by atoms with E-state index in [1.54, 1.807) is 0 Å². The van der Waals surface area contributed by atoms with Crippen molar-refractivity contribution in [2.75, 3.05) is 11.4 Å². The summed E-state index contributed by atoms with van der Waals surface area (Å²) in [5, 5.41) is 10.2. The second-order valence-corrected chi connectivity index (χ2v) is 5.95. The summed E-state index contributed by atoms with van der Waals surface area (Å²) in [6.45, 7) is 1.88. The highest BCUT2D eigenvalue weighted by molar-refractivity contribution is 9.08. The van der Waals surface area contributed by atoms with Gasteiger partial charge in [0.1, 0.15) is 6.07 Å². The van der Waals surface area contributed by atoms with Crippen molar-refractivity contribution in [3.8, 4) is 6.07 Å². The molecule has 0 atom stereocenters. The van der Waals surface area contributed by atoms with Crippen LogP contribution in [0.5, 0.6) is 0 Å². The molecule has 0 N–H and O–H groups in total. The average Bonchev–Trinajstić information content (AvgIpc) is 2.76. The number of hydrogen-bond donors (Lipinski definition) is 0. The third kappa shape index (κ3) is 2.96. The quantitative estimate of drug-likeness (QED) is 0.757. The summed E-state index contributed by atoms with van der Waals surface area (Å²) in [4.78, 5) is 2.34. The van der Waals surface area contributed by atoms with Gasteiger partial charge in [-0.3, -0.25) is 0 Å². The van der Waals surface area contributed by atoms with Crippen LogP contribution in [0.15, 0.2) is 42.5 Å². The van der Waals surface area contributed by atoms with Gasteiger partial charge in [-0.1, -0.05) is 46.3 Å². The predicted octanol–water partition coefficient (Wildman–Crippen LogP) is 4.41. The van der Waals surface area contributed by atoms with Gasteiger partial charge in [0.15, 0.2) is 0 Å². The smallest absolute Gasteiger partial charge is 0.101 e. The molecule has 106 valence electrons. The Morgan fingerprint density at radius 1 is 1.14 bits per heavy atom. The number of alkyl halides is 1. The van der Waals surface area contributed by atoms with Gasteiger partial charge in [-0.05, 0) is 41.7 Å². The molecule has 0 bridgehead atoms. The van der Waals surface area contributed by atoms with Crippen molar-refractivity contribution in [2.24, 2.45) is 0 Å². The SMILES string of the molecule is N#Cc1cc(CBr)ccc1N1CCCc2ccccc2C1. The molecule has 3 rings (SSSR count). The molecule has 0 aromatic heterocycles. The van der Waals surface area contributed by atoms with Crippen LogP contribution in [0.4, 0.5) is 5.69 Å². The Kier molecular flexibility index (Phi) is 4.26. The second kappa shape index (κ2) is 6.32. The van der Waals surface area contributed by atoms with E-state index < -0.39 is 0 Å². The highest BCUT2D eigenvalue weighted by atomic mass is 79.9. The van der Waals surface area contributed by atoms with Gasteiger partial charge in [0.05, 0.1) is 11.3 Å². The molecular weight excluding hydrogens is 324 g/mol. The number of rotatable bonds is 2. The van der Waals surface area contributed by atoms with Crippen LogP contribution in [0.25, 0.3) is 0 Å². The summed E-state index contributed by atoms with van der Waals surface area (Å²) in [5.41, 5.74) is 5.79. The lowest BCUT2D eigenvalue weighted by atomic mass is 10.0. The first-order valence-corrected chi connectivity index (χ1v) is 8.34. The molecule has 0 radical (unpaired) electrons. The van der Waals surface area contributed by atoms with E-state index >= 15 is 0 Å². The standard InChI is InChI=1S/C18H17BrN2/c19-11-14-7-8-18(17(10-14)12-20)21-9-3-6-15-4-1-2-5-16(15)13-21/h1-2,4-5,7-8,10H,3,6,9,11,13H2. The van der Waals surface area contributed by atoms with Gasteiger partial charge in [-0.2, -0.15) is 5.26 Å². The molecular formula is C18H17BrN2. The van der Waals surface area contributed by atoms with Gasteiger partial charge in [0.2, 0.25) is 0 Å². The van der Waals surface area contributed by atoms with Crippen LogP contribution in [-0.2, 0) is 18.3 Å². The van der Waals surface area contributed by atoms with E-state index in [0.717, 1.165) is 48.1 Å². The minimum atomic E-state index is 0.770. The maximum Gasteiger partial charge on any atom is 0.101 e. The van der Waals surface area contributed by atoms with Crippen LogP contribution in [-0.4, -0.2) is 6.54 Å². The zero-order chi connectivity index (χ0) is 14.7. The normalized spacial score (nSPS) is 14.2. The van der Waals surface area contributed by atoms with Crippen molar-refractivity contribution in [1.29, 1.82) is 5.26 Å². The minimum absolute atomic E-state index is 0.770. The number of hydrogen-bond acceptors (Lipinski definition) is 2. The van der Waals surface area contributed by atoms with E-state index in [1.807, 2.05) is 6.07 Å². The van der Waals surface area contributed by atoms with Crippen LogP contribution in [0.2, 0.25) is 0 Å². The molecule has 0 unspecified atom stereocenters. The largest absolute Gasteiger partial charge is 0.366 e. The molecule has 1 heterocycles. The topological polar surface area (TPSA) is 27.0 Å². The molecule has 0 saturated heterocycles. The molecule has 0 fully saturated rings. The number of nitrogens with zero attached hydrogens (tertiary/aromatic N) is 2. The van der Waals surface area contributed by atoms with Crippen molar-refractivity contribution >= 4 is 21.6 Å². The van der Waals surface area contributed by atoms with E-state index in [0.29, 0.717) is 0 Å². The zero-order valence-corrected chi connectivity index (χ0v) is 13.4. The third-order valence-electron chi connectivity index (χ3n) is 4.03. The van der Waals surface area contributed by atoms with E-state index in [-0.39, 0.29) is 0 Å². The van der Waals surface area contributed by atoms with Crippen LogP contribution in [0.1, 0.15) is 28.7 Å². The van der Waals surface area contributed by atoms with Crippen LogP contribution < -0.4 is 4.90 Å². The maximum atomic E-state index is 9.44. The first kappa shape index (κ1) is 14.2. The first-order chi connectivity index (χ1) is 10.3. The van der Waals surface area contributed by atoms with Gasteiger partial charge in [-0.25, -0.2) is 0 Å². The Labute approximate surface area is 134 Å². The molecule has 0 saturated carbocycles. The zero-order valence-electron chi connectivity index (χ0n) is 11.8.